The number of methoxy groups -OCH3 is 1. The van der Waals surface area contributed by atoms with Crippen LogP contribution in [0.5, 0.6) is 0 Å². The second-order valence-corrected chi connectivity index (χ2v) is 5.39. The number of hydrogen-bond donors (Lipinski definition) is 1. The Kier molecular flexibility index (Phi) is 5.10. The van der Waals surface area contributed by atoms with Gasteiger partial charge >= 0.3 is 5.97 Å². The first kappa shape index (κ1) is 15.7. The van der Waals surface area contributed by atoms with E-state index in [-0.39, 0.29) is 0 Å². The Hall–Kier alpha value is -1.71. The Balaban J connectivity index is 2.37. The molecule has 2 rings (SSSR count). The Morgan fingerprint density at radius 1 is 1.14 bits per heavy atom. The van der Waals surface area contributed by atoms with Gasteiger partial charge in [0.15, 0.2) is 6.04 Å². The van der Waals surface area contributed by atoms with Crippen LogP contribution in [0.25, 0.3) is 0 Å². The number of esters is 1. The number of ether oxygens (including phenoxy) is 1. The first-order valence-corrected chi connectivity index (χ1v) is 7.13. The molecule has 5 heteroatoms. The van der Waals surface area contributed by atoms with Crippen LogP contribution >= 0.6 is 23.2 Å². The normalized spacial score (nSPS) is 11.8. The summed E-state index contributed by atoms with van der Waals surface area (Å²) in [5, 5.41) is 3.86. The van der Waals surface area contributed by atoms with Gasteiger partial charge in [0, 0.05) is 11.3 Å². The van der Waals surface area contributed by atoms with Gasteiger partial charge in [-0.3, -0.25) is 0 Å². The largest absolute Gasteiger partial charge is 0.467 e. The van der Waals surface area contributed by atoms with Gasteiger partial charge in [-0.1, -0.05) is 53.0 Å². The van der Waals surface area contributed by atoms with Crippen LogP contribution in [0.1, 0.15) is 17.2 Å². The van der Waals surface area contributed by atoms with Gasteiger partial charge in [-0.15, -0.1) is 0 Å². The second-order valence-electron chi connectivity index (χ2n) is 4.61. The van der Waals surface area contributed by atoms with Crippen LogP contribution in [0.4, 0.5) is 5.69 Å². The van der Waals surface area contributed by atoms with E-state index in [1.54, 1.807) is 18.2 Å². The van der Waals surface area contributed by atoms with E-state index < -0.39 is 12.0 Å². The predicted octanol–water partition coefficient (Wildman–Crippen LogP) is 4.63. The number of carbonyl (C=O) groups is 1. The Morgan fingerprint density at radius 2 is 1.81 bits per heavy atom. The summed E-state index contributed by atoms with van der Waals surface area (Å²) >= 11 is 12.2. The lowest BCUT2D eigenvalue weighted by molar-refractivity contribution is -0.141. The van der Waals surface area contributed by atoms with Gasteiger partial charge in [0.05, 0.1) is 17.2 Å². The summed E-state index contributed by atoms with van der Waals surface area (Å²) in [5.41, 5.74) is 2.51. The third-order valence-corrected chi connectivity index (χ3v) is 3.93. The molecule has 1 atom stereocenters. The Bertz CT molecular complexity index is 641. The van der Waals surface area contributed by atoms with Crippen LogP contribution in [0.3, 0.4) is 0 Å². The van der Waals surface area contributed by atoms with E-state index in [2.05, 4.69) is 5.32 Å². The molecular weight excluding hydrogens is 309 g/mol. The Morgan fingerprint density at radius 3 is 2.43 bits per heavy atom. The van der Waals surface area contributed by atoms with Crippen LogP contribution in [-0.2, 0) is 9.53 Å². The van der Waals surface area contributed by atoms with Crippen LogP contribution in [0.2, 0.25) is 10.0 Å². The second kappa shape index (κ2) is 6.83. The molecule has 0 aliphatic carbocycles. The smallest absolute Gasteiger partial charge is 0.333 e. The summed E-state index contributed by atoms with van der Waals surface area (Å²) in [6, 6.07) is 12.1. The minimum atomic E-state index is -0.719. The molecule has 0 aromatic heterocycles. The highest BCUT2D eigenvalue weighted by Gasteiger charge is 2.24. The third-order valence-electron chi connectivity index (χ3n) is 3.09. The summed E-state index contributed by atoms with van der Waals surface area (Å²) < 4.78 is 4.85. The number of anilines is 1. The van der Waals surface area contributed by atoms with E-state index in [9.17, 15) is 4.79 Å². The molecule has 0 saturated heterocycles. The van der Waals surface area contributed by atoms with E-state index >= 15 is 0 Å². The zero-order valence-electron chi connectivity index (χ0n) is 11.7. The SMILES string of the molecule is COC(=O)C(Nc1ccc(C)cc1)c1cccc(Cl)c1Cl. The average molecular weight is 324 g/mol. The van der Waals surface area contributed by atoms with Crippen LogP contribution in [0, 0.1) is 6.92 Å². The predicted molar refractivity (Wildman–Crippen MR) is 86.0 cm³/mol. The van der Waals surface area contributed by atoms with Crippen LogP contribution in [0.15, 0.2) is 42.5 Å². The van der Waals surface area contributed by atoms with Crippen molar-refractivity contribution in [1.82, 2.24) is 0 Å². The molecule has 0 amide bonds. The molecule has 0 bridgehead atoms. The molecule has 0 aliphatic heterocycles. The lowest BCUT2D eigenvalue weighted by Gasteiger charge is -2.19. The molecule has 0 aliphatic rings. The summed E-state index contributed by atoms with van der Waals surface area (Å²) in [5.74, 6) is -0.431. The number of carbonyl (C=O) groups excluding carboxylic acids is 1. The molecule has 3 nitrogen and oxygen atoms in total. The van der Waals surface area contributed by atoms with Crippen LogP contribution < -0.4 is 5.32 Å². The minimum absolute atomic E-state index is 0.342. The molecule has 1 N–H and O–H groups in total. The van der Waals surface area contributed by atoms with Crippen molar-refractivity contribution < 1.29 is 9.53 Å². The maximum Gasteiger partial charge on any atom is 0.333 e. The first-order valence-electron chi connectivity index (χ1n) is 6.38. The highest BCUT2D eigenvalue weighted by molar-refractivity contribution is 6.42. The molecule has 0 fully saturated rings. The van der Waals surface area contributed by atoms with Crippen molar-refractivity contribution in [1.29, 1.82) is 0 Å². The monoisotopic (exact) mass is 323 g/mol. The van der Waals surface area contributed by atoms with Gasteiger partial charge < -0.3 is 10.1 Å². The van der Waals surface area contributed by atoms with Gasteiger partial charge in [0.2, 0.25) is 0 Å². The molecule has 0 heterocycles. The number of rotatable bonds is 4. The van der Waals surface area contributed by atoms with Gasteiger partial charge in [0.25, 0.3) is 0 Å². The molecule has 0 radical (unpaired) electrons. The molecule has 0 spiro atoms. The number of aryl methyl sites for hydroxylation is 1. The first-order chi connectivity index (χ1) is 10.0. The van der Waals surface area contributed by atoms with Gasteiger partial charge in [-0.05, 0) is 25.1 Å². The molecule has 110 valence electrons. The molecule has 0 saturated carbocycles. The lowest BCUT2D eigenvalue weighted by Crippen LogP contribution is -2.22. The maximum atomic E-state index is 12.1. The summed E-state index contributed by atoms with van der Waals surface area (Å²) in [6.45, 7) is 2.00. The molecular formula is C16H15Cl2NO2. The van der Waals surface area contributed by atoms with Crippen molar-refractivity contribution in [2.75, 3.05) is 12.4 Å². The van der Waals surface area contributed by atoms with Crippen molar-refractivity contribution in [2.45, 2.75) is 13.0 Å². The van der Waals surface area contributed by atoms with Crippen molar-refractivity contribution in [3.63, 3.8) is 0 Å². The fourth-order valence-corrected chi connectivity index (χ4v) is 2.36. The highest BCUT2D eigenvalue weighted by atomic mass is 35.5. The van der Waals surface area contributed by atoms with Crippen molar-refractivity contribution >= 4 is 34.9 Å². The minimum Gasteiger partial charge on any atom is -0.467 e. The summed E-state index contributed by atoms with van der Waals surface area (Å²) in [7, 11) is 1.34. The fraction of sp³-hybridized carbons (Fsp3) is 0.188. The highest BCUT2D eigenvalue weighted by Crippen LogP contribution is 2.32. The van der Waals surface area contributed by atoms with E-state index in [0.717, 1.165) is 11.3 Å². The molecule has 2 aromatic rings. The van der Waals surface area contributed by atoms with Crippen molar-refractivity contribution in [3.05, 3.63) is 63.6 Å². The Labute approximate surface area is 133 Å². The van der Waals surface area contributed by atoms with E-state index in [0.29, 0.717) is 15.6 Å². The standard InChI is InChI=1S/C16H15Cl2NO2/c1-10-6-8-11(9-7-10)19-15(16(20)21-2)12-4-3-5-13(17)14(12)18/h3-9,15,19H,1-2H3. The topological polar surface area (TPSA) is 38.3 Å². The lowest BCUT2D eigenvalue weighted by atomic mass is 10.1. The molecule has 2 aromatic carbocycles. The quantitative estimate of drug-likeness (QED) is 0.834. The number of halogens is 2. The molecule has 21 heavy (non-hydrogen) atoms. The van der Waals surface area contributed by atoms with E-state index in [4.69, 9.17) is 27.9 Å². The zero-order chi connectivity index (χ0) is 15.4. The number of nitrogens with one attached hydrogen (secondary N) is 1. The fourth-order valence-electron chi connectivity index (χ4n) is 1.94. The summed E-state index contributed by atoms with van der Waals surface area (Å²) in [4.78, 5) is 12.1. The van der Waals surface area contributed by atoms with E-state index in [1.807, 2.05) is 31.2 Å². The van der Waals surface area contributed by atoms with Crippen molar-refractivity contribution in [2.24, 2.45) is 0 Å². The maximum absolute atomic E-state index is 12.1. The molecule has 1 unspecified atom stereocenters. The van der Waals surface area contributed by atoms with Crippen molar-refractivity contribution in [3.8, 4) is 0 Å². The zero-order valence-corrected chi connectivity index (χ0v) is 13.2. The third kappa shape index (κ3) is 3.69. The van der Waals surface area contributed by atoms with Crippen LogP contribution in [-0.4, -0.2) is 13.1 Å². The van der Waals surface area contributed by atoms with Gasteiger partial charge in [0.1, 0.15) is 0 Å². The van der Waals surface area contributed by atoms with Gasteiger partial charge in [-0.25, -0.2) is 4.79 Å². The average Bonchev–Trinajstić information content (AvgIpc) is 2.49. The number of benzene rings is 2. The van der Waals surface area contributed by atoms with Gasteiger partial charge in [-0.2, -0.15) is 0 Å². The van der Waals surface area contributed by atoms with E-state index in [1.165, 1.54) is 7.11 Å². The summed E-state index contributed by atoms with van der Waals surface area (Å²) in [6.07, 6.45) is 0. The number of hydrogen-bond acceptors (Lipinski definition) is 3.